The Morgan fingerprint density at radius 1 is 1.34 bits per heavy atom. The Balaban J connectivity index is 1.47. The van der Waals surface area contributed by atoms with Gasteiger partial charge in [0.25, 0.3) is 5.69 Å². The van der Waals surface area contributed by atoms with E-state index in [1.807, 2.05) is 0 Å². The Morgan fingerprint density at radius 2 is 2.00 bits per heavy atom. The highest BCUT2D eigenvalue weighted by Gasteiger charge is 2.57. The van der Waals surface area contributed by atoms with Gasteiger partial charge >= 0.3 is 22.5 Å². The minimum atomic E-state index is -4.78. The third kappa shape index (κ3) is 6.27. The van der Waals surface area contributed by atoms with Gasteiger partial charge < -0.3 is 20.1 Å². The minimum Gasteiger partial charge on any atom is -0.477 e. The molecule has 0 bridgehead atoms. The summed E-state index contributed by atoms with van der Waals surface area (Å²) in [6, 6.07) is 4.88. The smallest absolute Gasteiger partial charge is 0.407 e. The van der Waals surface area contributed by atoms with Crippen LogP contribution in [-0.4, -0.2) is 70.3 Å². The number of hydrogen-bond donors (Lipinski definition) is 3. The fraction of sp³-hybridized carbons (Fsp3) is 0.421. The van der Waals surface area contributed by atoms with E-state index in [0.29, 0.717) is 10.5 Å². The van der Waals surface area contributed by atoms with Crippen LogP contribution in [0, 0.1) is 16.0 Å². The summed E-state index contributed by atoms with van der Waals surface area (Å²) < 4.78 is 40.2. The fourth-order valence-electron chi connectivity index (χ4n) is 3.84. The number of amides is 2. The Labute approximate surface area is 203 Å². The largest absolute Gasteiger partial charge is 0.477 e. The molecular formula is C19H21N3O11S2. The van der Waals surface area contributed by atoms with Crippen molar-refractivity contribution in [3.05, 3.63) is 50.5 Å². The fourth-order valence-corrected chi connectivity index (χ4v) is 5.40. The van der Waals surface area contributed by atoms with Crippen LogP contribution < -0.4 is 5.32 Å². The molecule has 2 amide bonds. The molecule has 0 aliphatic carbocycles. The van der Waals surface area contributed by atoms with Crippen molar-refractivity contribution in [1.29, 1.82) is 0 Å². The van der Waals surface area contributed by atoms with E-state index >= 15 is 0 Å². The molecule has 3 N–H and O–H groups in total. The van der Waals surface area contributed by atoms with Gasteiger partial charge in [-0.05, 0) is 24.6 Å². The van der Waals surface area contributed by atoms with Gasteiger partial charge in [-0.2, -0.15) is 8.42 Å². The highest BCUT2D eigenvalue weighted by Crippen LogP contribution is 2.47. The van der Waals surface area contributed by atoms with Gasteiger partial charge in [-0.25, -0.2) is 13.8 Å². The molecule has 1 saturated heterocycles. The molecule has 1 fully saturated rings. The number of aliphatic carboxylic acids is 1. The maximum atomic E-state index is 12.4. The second kappa shape index (κ2) is 10.6. The molecule has 0 unspecified atom stereocenters. The average Bonchev–Trinajstić information content (AvgIpc) is 3.08. The lowest BCUT2D eigenvalue weighted by atomic mass is 9.83. The lowest BCUT2D eigenvalue weighted by Gasteiger charge is -2.45. The molecule has 0 aromatic heterocycles. The van der Waals surface area contributed by atoms with E-state index in [2.05, 4.69) is 9.50 Å². The summed E-state index contributed by atoms with van der Waals surface area (Å²) in [5, 5.41) is 22.7. The van der Waals surface area contributed by atoms with E-state index < -0.39 is 51.4 Å². The topological polar surface area (TPSA) is 203 Å². The van der Waals surface area contributed by atoms with Crippen molar-refractivity contribution in [2.75, 3.05) is 12.3 Å². The lowest BCUT2D eigenvalue weighted by molar-refractivity contribution is -0.384. The van der Waals surface area contributed by atoms with Crippen molar-refractivity contribution in [3.8, 4) is 0 Å². The first kappa shape index (κ1) is 26.4. The number of alkyl carbamates (subject to hydrolysis) is 1. The average molecular weight is 532 g/mol. The highest BCUT2D eigenvalue weighted by molar-refractivity contribution is 8.03. The zero-order valence-electron chi connectivity index (χ0n) is 18.1. The van der Waals surface area contributed by atoms with Crippen LogP contribution in [0.15, 0.2) is 34.9 Å². The molecule has 1 aromatic rings. The van der Waals surface area contributed by atoms with Crippen LogP contribution in [0.3, 0.4) is 0 Å². The van der Waals surface area contributed by atoms with Crippen molar-refractivity contribution in [3.63, 3.8) is 0 Å². The molecule has 0 radical (unpaired) electrons. The molecule has 0 spiro atoms. The van der Waals surface area contributed by atoms with Crippen LogP contribution in [0.5, 0.6) is 0 Å². The SMILES string of the molecule is C[C@H](OS(=O)(=O)O)[C@@H]1C(=O)N2C(C(=O)O)=C(SCCNC(=O)OCc3ccc([N+](=O)[O-])cc3)C[C@H]12. The first-order valence-corrected chi connectivity index (χ1v) is 12.5. The summed E-state index contributed by atoms with van der Waals surface area (Å²) in [5.74, 6) is -2.61. The number of nitro groups is 1. The first-order chi connectivity index (χ1) is 16.4. The molecule has 2 aliphatic rings. The van der Waals surface area contributed by atoms with Crippen LogP contribution in [0.2, 0.25) is 0 Å². The Kier molecular flexibility index (Phi) is 7.99. The quantitative estimate of drug-likeness (QED) is 0.122. The van der Waals surface area contributed by atoms with Crippen LogP contribution in [0.25, 0.3) is 0 Å². The summed E-state index contributed by atoms with van der Waals surface area (Å²) >= 11 is 1.12. The lowest BCUT2D eigenvalue weighted by Crippen LogP contribution is -2.62. The van der Waals surface area contributed by atoms with E-state index in [0.717, 1.165) is 16.7 Å². The van der Waals surface area contributed by atoms with Crippen molar-refractivity contribution < 1.29 is 46.3 Å². The van der Waals surface area contributed by atoms with E-state index in [9.17, 15) is 38.0 Å². The molecule has 35 heavy (non-hydrogen) atoms. The van der Waals surface area contributed by atoms with Gasteiger partial charge in [0.2, 0.25) is 5.91 Å². The Morgan fingerprint density at radius 3 is 2.57 bits per heavy atom. The number of nitro benzene ring substituents is 1. The third-order valence-corrected chi connectivity index (χ3v) is 6.98. The molecular weight excluding hydrogens is 510 g/mol. The van der Waals surface area contributed by atoms with Crippen LogP contribution >= 0.6 is 11.8 Å². The van der Waals surface area contributed by atoms with Crippen molar-refractivity contribution in [2.45, 2.75) is 32.1 Å². The predicted molar refractivity (Wildman–Crippen MR) is 119 cm³/mol. The summed E-state index contributed by atoms with van der Waals surface area (Å²) in [6.45, 7) is 1.31. The van der Waals surface area contributed by atoms with Gasteiger partial charge in [0.15, 0.2) is 0 Å². The summed E-state index contributed by atoms with van der Waals surface area (Å²) in [5.41, 5.74) is 0.259. The second-order valence-electron chi connectivity index (χ2n) is 7.59. The minimum absolute atomic E-state index is 0.0876. The molecule has 2 heterocycles. The molecule has 16 heteroatoms. The predicted octanol–water partition coefficient (Wildman–Crippen LogP) is 1.29. The van der Waals surface area contributed by atoms with E-state index in [1.165, 1.54) is 31.2 Å². The zero-order valence-corrected chi connectivity index (χ0v) is 19.8. The number of benzene rings is 1. The van der Waals surface area contributed by atoms with Crippen molar-refractivity contribution >= 4 is 45.8 Å². The number of fused-ring (bicyclic) bond motifs is 1. The number of carboxylic acids is 1. The second-order valence-corrected chi connectivity index (χ2v) is 9.82. The number of carbonyl (C=O) groups excluding carboxylic acids is 2. The number of nitrogens with zero attached hydrogens (tertiary/aromatic N) is 2. The standard InChI is InChI=1S/C19H21N3O11S2/c1-10(33-35(29,30)31)15-13-8-14(16(18(24)25)21(13)17(15)23)34-7-6-20-19(26)32-9-11-2-4-12(5-3-11)22(27)28/h2-5,10,13,15H,6-9H2,1H3,(H,20,26)(H,24,25)(H,29,30,31)/t10-,13+,15-/m0/s1. The van der Waals surface area contributed by atoms with Gasteiger partial charge in [0.05, 0.1) is 23.0 Å². The van der Waals surface area contributed by atoms with Crippen LogP contribution in [-0.2, 0) is 35.5 Å². The number of carboxylic acid groups (broad SMARTS) is 1. The Hall–Kier alpha value is -3.21. The van der Waals surface area contributed by atoms with Gasteiger partial charge in [0, 0.05) is 35.8 Å². The van der Waals surface area contributed by atoms with Gasteiger partial charge in [-0.15, -0.1) is 11.8 Å². The monoisotopic (exact) mass is 531 g/mol. The van der Waals surface area contributed by atoms with Gasteiger partial charge in [-0.3, -0.25) is 19.5 Å². The van der Waals surface area contributed by atoms with E-state index in [4.69, 9.17) is 9.29 Å². The molecule has 0 saturated carbocycles. The van der Waals surface area contributed by atoms with Gasteiger partial charge in [0.1, 0.15) is 12.3 Å². The van der Waals surface area contributed by atoms with Crippen molar-refractivity contribution in [1.82, 2.24) is 10.2 Å². The molecule has 190 valence electrons. The number of thioether (sulfide) groups is 1. The van der Waals surface area contributed by atoms with E-state index in [1.54, 1.807) is 0 Å². The van der Waals surface area contributed by atoms with E-state index in [-0.39, 0.29) is 36.7 Å². The number of rotatable bonds is 11. The van der Waals surface area contributed by atoms with Crippen LogP contribution in [0.1, 0.15) is 18.9 Å². The number of nitrogens with one attached hydrogen (secondary N) is 1. The molecule has 3 atom stereocenters. The Bertz CT molecular complexity index is 1170. The number of hydrogen-bond acceptors (Lipinski definition) is 10. The highest BCUT2D eigenvalue weighted by atomic mass is 32.3. The summed E-state index contributed by atoms with van der Waals surface area (Å²) in [6.07, 6.45) is -1.75. The molecule has 1 aromatic carbocycles. The number of non-ortho nitro benzene ring substituents is 1. The van der Waals surface area contributed by atoms with Crippen molar-refractivity contribution in [2.24, 2.45) is 5.92 Å². The molecule has 14 nitrogen and oxygen atoms in total. The number of β-lactam (4-membered cyclic amide) rings is 1. The zero-order chi connectivity index (χ0) is 25.9. The molecule has 2 aliphatic heterocycles. The summed E-state index contributed by atoms with van der Waals surface area (Å²) in [4.78, 5) is 47.6. The molecule has 3 rings (SSSR count). The normalized spacial score (nSPS) is 20.2. The van der Waals surface area contributed by atoms with Gasteiger partial charge in [-0.1, -0.05) is 0 Å². The third-order valence-electron chi connectivity index (χ3n) is 5.31. The maximum absolute atomic E-state index is 12.4. The van der Waals surface area contributed by atoms with Crippen LogP contribution in [0.4, 0.5) is 10.5 Å². The summed E-state index contributed by atoms with van der Waals surface area (Å²) in [7, 11) is -4.78. The number of carbonyl (C=O) groups is 3. The number of ether oxygens (including phenoxy) is 1. The first-order valence-electron chi connectivity index (χ1n) is 10.1. The maximum Gasteiger partial charge on any atom is 0.407 e.